The second kappa shape index (κ2) is 6.30. The van der Waals surface area contributed by atoms with Gasteiger partial charge >= 0.3 is 0 Å². The van der Waals surface area contributed by atoms with E-state index in [4.69, 9.17) is 10.5 Å². The molecule has 1 heterocycles. The molecule has 1 aliphatic rings. The third-order valence-corrected chi connectivity index (χ3v) is 3.74. The summed E-state index contributed by atoms with van der Waals surface area (Å²) >= 11 is 0. The highest BCUT2D eigenvalue weighted by Gasteiger charge is 2.25. The summed E-state index contributed by atoms with van der Waals surface area (Å²) in [6, 6.07) is 4.00. The fourth-order valence-electron chi connectivity index (χ4n) is 2.77. The second-order valence-electron chi connectivity index (χ2n) is 5.59. The Kier molecular flexibility index (Phi) is 4.72. The van der Waals surface area contributed by atoms with Crippen molar-refractivity contribution in [1.29, 1.82) is 0 Å². The Bertz CT molecular complexity index is 353. The lowest BCUT2D eigenvalue weighted by molar-refractivity contribution is -0.0490. The molecule has 3 nitrogen and oxygen atoms in total. The maximum atomic E-state index is 6.26. The van der Waals surface area contributed by atoms with Gasteiger partial charge in [0.05, 0.1) is 12.2 Å². The number of rotatable bonds is 4. The fraction of sp³-hybridized carbons (Fsp3) is 0.667. The molecule has 0 bridgehead atoms. The Morgan fingerprint density at radius 2 is 2.06 bits per heavy atom. The Hall–Kier alpha value is -0.930. The van der Waals surface area contributed by atoms with Gasteiger partial charge in [0.25, 0.3) is 0 Å². The van der Waals surface area contributed by atoms with Crippen LogP contribution in [-0.2, 0) is 4.74 Å². The molecule has 4 atom stereocenters. The molecular formula is C15H24N2O. The number of hydrogen-bond acceptors (Lipinski definition) is 3. The Morgan fingerprint density at radius 3 is 2.67 bits per heavy atom. The molecule has 18 heavy (non-hydrogen) atoms. The van der Waals surface area contributed by atoms with Crippen LogP contribution >= 0.6 is 0 Å². The van der Waals surface area contributed by atoms with Gasteiger partial charge in [-0.3, -0.25) is 4.98 Å². The van der Waals surface area contributed by atoms with Crippen LogP contribution in [0.25, 0.3) is 0 Å². The van der Waals surface area contributed by atoms with E-state index in [1.807, 2.05) is 19.1 Å². The van der Waals surface area contributed by atoms with Crippen molar-refractivity contribution in [2.45, 2.75) is 57.8 Å². The number of aromatic nitrogens is 1. The number of nitrogens with two attached hydrogens (primary N) is 1. The van der Waals surface area contributed by atoms with Crippen LogP contribution in [0, 0.1) is 5.92 Å². The first kappa shape index (κ1) is 13.5. The van der Waals surface area contributed by atoms with E-state index in [-0.39, 0.29) is 12.1 Å². The molecule has 1 fully saturated rings. The first-order valence-electron chi connectivity index (χ1n) is 6.97. The first-order chi connectivity index (χ1) is 8.66. The van der Waals surface area contributed by atoms with Crippen LogP contribution in [0.3, 0.4) is 0 Å². The summed E-state index contributed by atoms with van der Waals surface area (Å²) in [5, 5.41) is 0. The molecule has 1 aliphatic carbocycles. The van der Waals surface area contributed by atoms with Crippen molar-refractivity contribution in [3.8, 4) is 0 Å². The third-order valence-electron chi connectivity index (χ3n) is 3.74. The standard InChI is InChI=1S/C15H24N2O/c1-11-4-3-5-14(10-11)18-15(12(2)16)13-6-8-17-9-7-13/h6-9,11-12,14-15H,3-5,10,16H2,1-2H3. The van der Waals surface area contributed by atoms with E-state index in [2.05, 4.69) is 11.9 Å². The summed E-state index contributed by atoms with van der Waals surface area (Å²) in [4.78, 5) is 4.05. The molecule has 4 unspecified atom stereocenters. The van der Waals surface area contributed by atoms with Crippen molar-refractivity contribution in [2.24, 2.45) is 11.7 Å². The molecule has 0 amide bonds. The highest BCUT2D eigenvalue weighted by Crippen LogP contribution is 2.30. The maximum Gasteiger partial charge on any atom is 0.0977 e. The molecular weight excluding hydrogens is 224 g/mol. The van der Waals surface area contributed by atoms with Crippen molar-refractivity contribution in [1.82, 2.24) is 4.98 Å². The molecule has 100 valence electrons. The van der Waals surface area contributed by atoms with Gasteiger partial charge in [0.15, 0.2) is 0 Å². The van der Waals surface area contributed by atoms with E-state index in [0.29, 0.717) is 6.10 Å². The minimum Gasteiger partial charge on any atom is -0.369 e. The quantitative estimate of drug-likeness (QED) is 0.890. The second-order valence-corrected chi connectivity index (χ2v) is 5.59. The minimum absolute atomic E-state index is 0.00429. The summed E-state index contributed by atoms with van der Waals surface area (Å²) in [5.74, 6) is 0.773. The van der Waals surface area contributed by atoms with E-state index < -0.39 is 0 Å². The Morgan fingerprint density at radius 1 is 1.33 bits per heavy atom. The largest absolute Gasteiger partial charge is 0.369 e. The molecule has 0 radical (unpaired) electrons. The van der Waals surface area contributed by atoms with Gasteiger partial charge in [0.1, 0.15) is 0 Å². The monoisotopic (exact) mass is 248 g/mol. The molecule has 1 saturated carbocycles. The van der Waals surface area contributed by atoms with E-state index >= 15 is 0 Å². The maximum absolute atomic E-state index is 6.26. The summed E-state index contributed by atoms with van der Waals surface area (Å²) in [7, 11) is 0. The molecule has 2 N–H and O–H groups in total. The van der Waals surface area contributed by atoms with Crippen LogP contribution in [0.4, 0.5) is 0 Å². The number of ether oxygens (including phenoxy) is 1. The Labute approximate surface area is 110 Å². The van der Waals surface area contributed by atoms with Crippen molar-refractivity contribution in [3.63, 3.8) is 0 Å². The molecule has 0 aromatic carbocycles. The number of nitrogens with zero attached hydrogens (tertiary/aromatic N) is 1. The van der Waals surface area contributed by atoms with Crippen LogP contribution in [-0.4, -0.2) is 17.1 Å². The van der Waals surface area contributed by atoms with Crippen LogP contribution in [0.15, 0.2) is 24.5 Å². The molecule has 1 aromatic heterocycles. The number of hydrogen-bond donors (Lipinski definition) is 1. The summed E-state index contributed by atoms with van der Waals surface area (Å²) in [6.45, 7) is 4.32. The summed E-state index contributed by atoms with van der Waals surface area (Å²) in [5.41, 5.74) is 7.21. The fourth-order valence-corrected chi connectivity index (χ4v) is 2.77. The molecule has 0 aliphatic heterocycles. The predicted molar refractivity (Wildman–Crippen MR) is 73.1 cm³/mol. The average molecular weight is 248 g/mol. The van der Waals surface area contributed by atoms with Crippen LogP contribution in [0.2, 0.25) is 0 Å². The van der Waals surface area contributed by atoms with Gasteiger partial charge in [-0.2, -0.15) is 0 Å². The smallest absolute Gasteiger partial charge is 0.0977 e. The zero-order valence-electron chi connectivity index (χ0n) is 11.4. The van der Waals surface area contributed by atoms with Gasteiger partial charge in [-0.15, -0.1) is 0 Å². The van der Waals surface area contributed by atoms with Gasteiger partial charge in [0.2, 0.25) is 0 Å². The van der Waals surface area contributed by atoms with Crippen LogP contribution in [0.1, 0.15) is 51.2 Å². The van der Waals surface area contributed by atoms with Crippen LogP contribution in [0.5, 0.6) is 0 Å². The van der Waals surface area contributed by atoms with E-state index in [0.717, 1.165) is 17.9 Å². The van der Waals surface area contributed by atoms with Gasteiger partial charge in [-0.1, -0.05) is 19.8 Å². The molecule has 0 saturated heterocycles. The lowest BCUT2D eigenvalue weighted by Crippen LogP contribution is -2.32. The molecule has 0 spiro atoms. The van der Waals surface area contributed by atoms with Crippen molar-refractivity contribution >= 4 is 0 Å². The third kappa shape index (κ3) is 3.53. The van der Waals surface area contributed by atoms with Gasteiger partial charge in [0, 0.05) is 18.4 Å². The molecule has 2 rings (SSSR count). The summed E-state index contributed by atoms with van der Waals surface area (Å²) < 4.78 is 6.26. The zero-order chi connectivity index (χ0) is 13.0. The zero-order valence-corrected chi connectivity index (χ0v) is 11.4. The highest BCUT2D eigenvalue weighted by atomic mass is 16.5. The first-order valence-corrected chi connectivity index (χ1v) is 6.97. The van der Waals surface area contributed by atoms with E-state index in [1.54, 1.807) is 12.4 Å². The van der Waals surface area contributed by atoms with E-state index in [1.165, 1.54) is 19.3 Å². The average Bonchev–Trinajstić information content (AvgIpc) is 2.37. The minimum atomic E-state index is -0.0108. The SMILES string of the molecule is CC1CCCC(OC(c2ccncc2)C(C)N)C1. The van der Waals surface area contributed by atoms with Gasteiger partial charge in [-0.25, -0.2) is 0 Å². The van der Waals surface area contributed by atoms with Gasteiger partial charge < -0.3 is 10.5 Å². The molecule has 1 aromatic rings. The lowest BCUT2D eigenvalue weighted by atomic mass is 9.88. The van der Waals surface area contributed by atoms with Crippen molar-refractivity contribution < 1.29 is 4.74 Å². The Balaban J connectivity index is 2.03. The van der Waals surface area contributed by atoms with Crippen molar-refractivity contribution in [3.05, 3.63) is 30.1 Å². The predicted octanol–water partition coefficient (Wildman–Crippen LogP) is 3.07. The van der Waals surface area contributed by atoms with Gasteiger partial charge in [-0.05, 0) is 43.4 Å². The topological polar surface area (TPSA) is 48.1 Å². The summed E-state index contributed by atoms with van der Waals surface area (Å²) in [6.07, 6.45) is 8.88. The number of pyridine rings is 1. The molecule has 3 heteroatoms. The van der Waals surface area contributed by atoms with Crippen LogP contribution < -0.4 is 5.73 Å². The van der Waals surface area contributed by atoms with E-state index in [9.17, 15) is 0 Å². The van der Waals surface area contributed by atoms with Crippen molar-refractivity contribution in [2.75, 3.05) is 0 Å². The lowest BCUT2D eigenvalue weighted by Gasteiger charge is -2.32. The highest BCUT2D eigenvalue weighted by molar-refractivity contribution is 5.15. The normalized spacial score (nSPS) is 27.7.